The lowest BCUT2D eigenvalue weighted by Crippen LogP contribution is -1.95. The lowest BCUT2D eigenvalue weighted by molar-refractivity contribution is -0.383. The Morgan fingerprint density at radius 1 is 0.737 bits per heavy atom. The molecule has 0 spiro atoms. The van der Waals surface area contributed by atoms with Crippen molar-refractivity contribution in [1.82, 2.24) is 0 Å². The molecule has 0 N–H and O–H groups in total. The molecule has 0 aliphatic rings. The van der Waals surface area contributed by atoms with Crippen LogP contribution >= 0.6 is 0 Å². The van der Waals surface area contributed by atoms with Crippen LogP contribution in [0.2, 0.25) is 0 Å². The standard InChI is InChI=1S/C16H7NO2/c18-17(19)14-6-5-11-13-7-8-1-2-9(13)10-3-4-12(14)16(11)15(8)10/h1-7H. The van der Waals surface area contributed by atoms with Gasteiger partial charge in [-0.1, -0.05) is 18.2 Å². The van der Waals surface area contributed by atoms with Gasteiger partial charge in [-0.05, 0) is 50.5 Å². The largest absolute Gasteiger partial charge is 0.277 e. The van der Waals surface area contributed by atoms with Crippen LogP contribution < -0.4 is 0 Å². The molecule has 0 aromatic heterocycles. The van der Waals surface area contributed by atoms with Crippen molar-refractivity contribution in [3.63, 3.8) is 0 Å². The number of nitro groups is 1. The average Bonchev–Trinajstić information content (AvgIpc) is 2.45. The van der Waals surface area contributed by atoms with Gasteiger partial charge in [0.25, 0.3) is 5.69 Å². The Morgan fingerprint density at radius 2 is 1.42 bits per heavy atom. The maximum absolute atomic E-state index is 11.2. The summed E-state index contributed by atoms with van der Waals surface area (Å²) in [6, 6.07) is 13.8. The highest BCUT2D eigenvalue weighted by molar-refractivity contribution is 6.38. The molecule has 3 nitrogen and oxygen atoms in total. The minimum atomic E-state index is -0.298. The molecular weight excluding hydrogens is 238 g/mol. The number of hydrogen-bond donors (Lipinski definition) is 0. The Hall–Kier alpha value is -2.68. The lowest BCUT2D eigenvalue weighted by Gasteiger charge is -2.18. The van der Waals surface area contributed by atoms with Gasteiger partial charge in [0.15, 0.2) is 0 Å². The molecule has 6 bridgehead atoms. The second kappa shape index (κ2) is 2.67. The molecule has 0 unspecified atom stereocenters. The molecule has 0 aliphatic carbocycles. The van der Waals surface area contributed by atoms with E-state index in [4.69, 9.17) is 0 Å². The van der Waals surface area contributed by atoms with Gasteiger partial charge < -0.3 is 0 Å². The number of nitro benzene ring substituents is 1. The first-order chi connectivity index (χ1) is 9.25. The van der Waals surface area contributed by atoms with Crippen molar-refractivity contribution >= 4 is 48.8 Å². The van der Waals surface area contributed by atoms with Crippen molar-refractivity contribution in [3.05, 3.63) is 52.6 Å². The molecule has 88 valence electrons. The summed E-state index contributed by atoms with van der Waals surface area (Å²) in [6.07, 6.45) is 0. The van der Waals surface area contributed by atoms with Crippen LogP contribution in [-0.4, -0.2) is 4.92 Å². The van der Waals surface area contributed by atoms with E-state index in [0.717, 1.165) is 16.2 Å². The van der Waals surface area contributed by atoms with Crippen molar-refractivity contribution < 1.29 is 4.92 Å². The number of hydrogen-bond acceptors (Lipinski definition) is 2. The summed E-state index contributed by atoms with van der Waals surface area (Å²) in [5, 5.41) is 20.1. The molecule has 0 heterocycles. The average molecular weight is 245 g/mol. The zero-order valence-corrected chi connectivity index (χ0v) is 9.81. The Kier molecular flexibility index (Phi) is 1.30. The molecule has 0 amide bonds. The van der Waals surface area contributed by atoms with Crippen LogP contribution in [0, 0.1) is 10.1 Å². The van der Waals surface area contributed by atoms with Crippen LogP contribution in [0.1, 0.15) is 0 Å². The van der Waals surface area contributed by atoms with Gasteiger partial charge in [-0.2, -0.15) is 0 Å². The topological polar surface area (TPSA) is 43.1 Å². The second-order valence-corrected chi connectivity index (χ2v) is 5.06. The Morgan fingerprint density at radius 3 is 2.26 bits per heavy atom. The van der Waals surface area contributed by atoms with Gasteiger partial charge in [-0.25, -0.2) is 0 Å². The van der Waals surface area contributed by atoms with E-state index in [1.807, 2.05) is 18.2 Å². The van der Waals surface area contributed by atoms with Crippen LogP contribution in [-0.2, 0) is 0 Å². The third-order valence-corrected chi connectivity index (χ3v) is 4.24. The summed E-state index contributed by atoms with van der Waals surface area (Å²) < 4.78 is 0. The molecule has 0 radical (unpaired) electrons. The quantitative estimate of drug-likeness (QED) is 0.247. The number of benzene rings is 7. The van der Waals surface area contributed by atoms with Crippen LogP contribution in [0.5, 0.6) is 0 Å². The van der Waals surface area contributed by atoms with Gasteiger partial charge in [-0.15, -0.1) is 0 Å². The summed E-state index contributed by atoms with van der Waals surface area (Å²) in [4.78, 5) is 10.9. The SMILES string of the molecule is O=[N+]([O-])c1ccc2c3cc4ccc3c3ccc1c2c43. The number of nitrogens with zero attached hydrogens (tertiary/aromatic N) is 1. The molecular formula is C16H7NO2. The van der Waals surface area contributed by atoms with E-state index in [-0.39, 0.29) is 10.6 Å². The predicted molar refractivity (Wildman–Crippen MR) is 76.7 cm³/mol. The van der Waals surface area contributed by atoms with E-state index in [9.17, 15) is 10.1 Å². The molecule has 0 aliphatic heterocycles. The first-order valence-electron chi connectivity index (χ1n) is 6.15. The van der Waals surface area contributed by atoms with E-state index in [2.05, 4.69) is 18.2 Å². The first-order valence-corrected chi connectivity index (χ1v) is 6.15. The molecule has 0 saturated heterocycles. The summed E-state index contributed by atoms with van der Waals surface area (Å²) >= 11 is 0. The van der Waals surface area contributed by atoms with E-state index in [0.29, 0.717) is 0 Å². The van der Waals surface area contributed by atoms with Gasteiger partial charge in [0.1, 0.15) is 0 Å². The van der Waals surface area contributed by atoms with Gasteiger partial charge >= 0.3 is 0 Å². The highest BCUT2D eigenvalue weighted by Crippen LogP contribution is 2.46. The van der Waals surface area contributed by atoms with Gasteiger partial charge in [0.2, 0.25) is 0 Å². The molecule has 19 heavy (non-hydrogen) atoms. The van der Waals surface area contributed by atoms with Crippen molar-refractivity contribution in [2.45, 2.75) is 0 Å². The zero-order chi connectivity index (χ0) is 12.7. The highest BCUT2D eigenvalue weighted by atomic mass is 16.6. The van der Waals surface area contributed by atoms with E-state index in [1.54, 1.807) is 6.07 Å². The fourth-order valence-corrected chi connectivity index (χ4v) is 3.50. The molecule has 0 fully saturated rings. The predicted octanol–water partition coefficient (Wildman–Crippen LogP) is 4.52. The summed E-state index contributed by atoms with van der Waals surface area (Å²) in [6.45, 7) is 0. The van der Waals surface area contributed by atoms with Gasteiger partial charge in [-0.3, -0.25) is 10.1 Å². The Labute approximate surface area is 107 Å². The first kappa shape index (κ1) is 9.28. The third-order valence-electron chi connectivity index (χ3n) is 4.24. The maximum Gasteiger partial charge on any atom is 0.277 e. The minimum absolute atomic E-state index is 0.195. The minimum Gasteiger partial charge on any atom is -0.258 e. The van der Waals surface area contributed by atoms with Gasteiger partial charge in [0.05, 0.1) is 10.3 Å². The zero-order valence-electron chi connectivity index (χ0n) is 9.81. The normalized spacial score (nSPS) is 12.6. The Bertz CT molecular complexity index is 1080. The summed E-state index contributed by atoms with van der Waals surface area (Å²) in [5.41, 5.74) is 0.195. The highest BCUT2D eigenvalue weighted by Gasteiger charge is 2.21. The van der Waals surface area contributed by atoms with Crippen molar-refractivity contribution in [2.75, 3.05) is 0 Å². The maximum atomic E-state index is 11.2. The lowest BCUT2D eigenvalue weighted by atomic mass is 9.84. The molecule has 7 rings (SSSR count). The molecule has 3 heteroatoms. The fourth-order valence-electron chi connectivity index (χ4n) is 3.50. The van der Waals surface area contributed by atoms with Crippen molar-refractivity contribution in [1.29, 1.82) is 0 Å². The van der Waals surface area contributed by atoms with Gasteiger partial charge in [0, 0.05) is 11.5 Å². The molecule has 0 atom stereocenters. The molecule has 7 aromatic rings. The molecule has 7 aromatic carbocycles. The number of rotatable bonds is 1. The van der Waals surface area contributed by atoms with Crippen LogP contribution in [0.3, 0.4) is 0 Å². The number of non-ortho nitro benzene ring substituents is 1. The van der Waals surface area contributed by atoms with Crippen LogP contribution in [0.25, 0.3) is 43.1 Å². The molecule has 0 saturated carbocycles. The third kappa shape index (κ3) is 0.857. The second-order valence-electron chi connectivity index (χ2n) is 5.06. The monoisotopic (exact) mass is 245 g/mol. The fraction of sp³-hybridized carbons (Fsp3) is 0. The van der Waals surface area contributed by atoms with Crippen molar-refractivity contribution in [3.8, 4) is 0 Å². The van der Waals surface area contributed by atoms with E-state index < -0.39 is 0 Å². The van der Waals surface area contributed by atoms with E-state index in [1.165, 1.54) is 26.9 Å². The van der Waals surface area contributed by atoms with E-state index >= 15 is 0 Å². The Balaban J connectivity index is 2.25. The number of fused-ring (bicyclic) bond motifs is 1. The van der Waals surface area contributed by atoms with Crippen molar-refractivity contribution in [2.24, 2.45) is 0 Å². The summed E-state index contributed by atoms with van der Waals surface area (Å²) in [7, 11) is 0. The van der Waals surface area contributed by atoms with Crippen LogP contribution in [0.4, 0.5) is 5.69 Å². The summed E-state index contributed by atoms with van der Waals surface area (Å²) in [5.74, 6) is 0. The van der Waals surface area contributed by atoms with Crippen LogP contribution in [0.15, 0.2) is 42.5 Å². The smallest absolute Gasteiger partial charge is 0.258 e.